The Morgan fingerprint density at radius 2 is 1.84 bits per heavy atom. The molecule has 1 saturated carbocycles. The Hall–Kier alpha value is -1.89. The number of rotatable bonds is 6. The standard InChI is InChI=1S/C18H25NO5S/c1-12(13-6-4-3-5-7-13)8-17(20)19-15-9-14(18(21)22)10-16(11-15)25(2,23)24/h9-13H,3-8H2,1-2H3,(H,19,20)(H,21,22). The fourth-order valence-electron chi connectivity index (χ4n) is 3.38. The van der Waals surface area contributed by atoms with Crippen molar-refractivity contribution < 1.29 is 23.1 Å². The van der Waals surface area contributed by atoms with Crippen molar-refractivity contribution in [3.8, 4) is 0 Å². The Morgan fingerprint density at radius 1 is 1.20 bits per heavy atom. The van der Waals surface area contributed by atoms with Crippen LogP contribution in [0.4, 0.5) is 5.69 Å². The first-order chi connectivity index (χ1) is 11.7. The Bertz CT molecular complexity index is 751. The third-order valence-corrected chi connectivity index (χ3v) is 5.92. The topological polar surface area (TPSA) is 101 Å². The molecule has 2 N–H and O–H groups in total. The number of sulfone groups is 1. The minimum absolute atomic E-state index is 0.122. The Labute approximate surface area is 148 Å². The van der Waals surface area contributed by atoms with E-state index in [-0.39, 0.29) is 28.0 Å². The van der Waals surface area contributed by atoms with E-state index in [1.807, 2.05) is 0 Å². The zero-order valence-electron chi connectivity index (χ0n) is 14.6. The lowest BCUT2D eigenvalue weighted by Crippen LogP contribution is -2.22. The third-order valence-electron chi connectivity index (χ3n) is 4.83. The minimum atomic E-state index is -3.57. The number of carboxylic acid groups (broad SMARTS) is 1. The number of carboxylic acids is 1. The quantitative estimate of drug-likeness (QED) is 0.803. The van der Waals surface area contributed by atoms with Crippen LogP contribution in [0.3, 0.4) is 0 Å². The van der Waals surface area contributed by atoms with Crippen LogP contribution < -0.4 is 5.32 Å². The highest BCUT2D eigenvalue weighted by Gasteiger charge is 2.22. The molecule has 138 valence electrons. The molecule has 0 aliphatic heterocycles. The largest absolute Gasteiger partial charge is 0.478 e. The van der Waals surface area contributed by atoms with Gasteiger partial charge in [0.15, 0.2) is 9.84 Å². The molecule has 1 atom stereocenters. The van der Waals surface area contributed by atoms with Gasteiger partial charge in [0.25, 0.3) is 0 Å². The highest BCUT2D eigenvalue weighted by molar-refractivity contribution is 7.90. The highest BCUT2D eigenvalue weighted by Crippen LogP contribution is 2.31. The summed E-state index contributed by atoms with van der Waals surface area (Å²) < 4.78 is 23.4. The Kier molecular flexibility index (Phi) is 6.21. The van der Waals surface area contributed by atoms with Crippen LogP contribution in [-0.4, -0.2) is 31.7 Å². The molecule has 0 spiro atoms. The molecule has 25 heavy (non-hydrogen) atoms. The monoisotopic (exact) mass is 367 g/mol. The Morgan fingerprint density at radius 3 is 2.40 bits per heavy atom. The van der Waals surface area contributed by atoms with Gasteiger partial charge in [-0.3, -0.25) is 4.79 Å². The molecule has 6 nitrogen and oxygen atoms in total. The summed E-state index contributed by atoms with van der Waals surface area (Å²) in [5, 5.41) is 11.8. The summed E-state index contributed by atoms with van der Waals surface area (Å²) in [4.78, 5) is 23.4. The number of benzene rings is 1. The zero-order chi connectivity index (χ0) is 18.6. The van der Waals surface area contributed by atoms with Crippen LogP contribution in [0.25, 0.3) is 0 Å². The van der Waals surface area contributed by atoms with Gasteiger partial charge < -0.3 is 10.4 Å². The molecular formula is C18H25NO5S. The Balaban J connectivity index is 2.11. The summed E-state index contributed by atoms with van der Waals surface area (Å²) in [7, 11) is -3.57. The summed E-state index contributed by atoms with van der Waals surface area (Å²) in [5.41, 5.74) is 0.0275. The van der Waals surface area contributed by atoms with Gasteiger partial charge in [-0.25, -0.2) is 13.2 Å². The van der Waals surface area contributed by atoms with Crippen molar-refractivity contribution in [2.75, 3.05) is 11.6 Å². The summed E-state index contributed by atoms with van der Waals surface area (Å²) in [5.74, 6) is -0.676. The molecule has 1 aromatic carbocycles. The molecule has 1 aromatic rings. The minimum Gasteiger partial charge on any atom is -0.478 e. The van der Waals surface area contributed by atoms with E-state index < -0.39 is 15.8 Å². The summed E-state index contributed by atoms with van der Waals surface area (Å²) in [6.07, 6.45) is 7.29. The van der Waals surface area contributed by atoms with Crippen molar-refractivity contribution in [2.45, 2.75) is 50.3 Å². The fourth-order valence-corrected chi connectivity index (χ4v) is 4.07. The lowest BCUT2D eigenvalue weighted by Gasteiger charge is -2.27. The van der Waals surface area contributed by atoms with Crippen LogP contribution in [-0.2, 0) is 14.6 Å². The number of amides is 1. The van der Waals surface area contributed by atoms with E-state index in [1.54, 1.807) is 0 Å². The third kappa shape index (κ3) is 5.56. The highest BCUT2D eigenvalue weighted by atomic mass is 32.2. The van der Waals surface area contributed by atoms with Gasteiger partial charge in [-0.05, 0) is 30.0 Å². The smallest absolute Gasteiger partial charge is 0.335 e. The second-order valence-corrected chi connectivity index (χ2v) is 8.97. The van der Waals surface area contributed by atoms with Gasteiger partial charge in [0.2, 0.25) is 5.91 Å². The number of carbonyl (C=O) groups is 2. The molecule has 0 heterocycles. The SMILES string of the molecule is CC(CC(=O)Nc1cc(C(=O)O)cc(S(C)(=O)=O)c1)C1CCCCC1. The van der Waals surface area contributed by atoms with Crippen molar-refractivity contribution in [1.82, 2.24) is 0 Å². The van der Waals surface area contributed by atoms with Crippen molar-refractivity contribution in [3.05, 3.63) is 23.8 Å². The predicted octanol–water partition coefficient (Wildman–Crippen LogP) is 3.33. The van der Waals surface area contributed by atoms with Gasteiger partial charge >= 0.3 is 5.97 Å². The van der Waals surface area contributed by atoms with Gasteiger partial charge in [-0.1, -0.05) is 39.0 Å². The van der Waals surface area contributed by atoms with E-state index in [0.717, 1.165) is 25.2 Å². The van der Waals surface area contributed by atoms with Crippen LogP contribution >= 0.6 is 0 Å². The number of nitrogens with one attached hydrogen (secondary N) is 1. The molecule has 0 radical (unpaired) electrons. The second kappa shape index (κ2) is 7.99. The van der Waals surface area contributed by atoms with E-state index in [4.69, 9.17) is 5.11 Å². The number of carbonyl (C=O) groups excluding carboxylic acids is 1. The van der Waals surface area contributed by atoms with Crippen LogP contribution in [0.15, 0.2) is 23.1 Å². The van der Waals surface area contributed by atoms with Crippen molar-refractivity contribution in [2.24, 2.45) is 11.8 Å². The first-order valence-electron chi connectivity index (χ1n) is 8.55. The molecule has 1 aliphatic rings. The number of anilines is 1. The molecule has 0 aromatic heterocycles. The molecule has 1 unspecified atom stereocenters. The van der Waals surface area contributed by atoms with Gasteiger partial charge in [-0.15, -0.1) is 0 Å². The van der Waals surface area contributed by atoms with Gasteiger partial charge in [0.1, 0.15) is 0 Å². The van der Waals surface area contributed by atoms with E-state index in [1.165, 1.54) is 31.4 Å². The maximum Gasteiger partial charge on any atom is 0.335 e. The average Bonchev–Trinajstić information content (AvgIpc) is 2.54. The van der Waals surface area contributed by atoms with Crippen molar-refractivity contribution >= 4 is 27.4 Å². The second-order valence-electron chi connectivity index (χ2n) is 6.95. The zero-order valence-corrected chi connectivity index (χ0v) is 15.4. The van der Waals surface area contributed by atoms with Crippen molar-refractivity contribution in [3.63, 3.8) is 0 Å². The van der Waals surface area contributed by atoms with Gasteiger partial charge in [-0.2, -0.15) is 0 Å². The van der Waals surface area contributed by atoms with Crippen LogP contribution in [0.1, 0.15) is 55.8 Å². The maximum absolute atomic E-state index is 12.3. The first kappa shape index (κ1) is 19.4. The number of hydrogen-bond donors (Lipinski definition) is 2. The van der Waals surface area contributed by atoms with Gasteiger partial charge in [0, 0.05) is 18.4 Å². The molecular weight excluding hydrogens is 342 g/mol. The van der Waals surface area contributed by atoms with Gasteiger partial charge in [0.05, 0.1) is 10.5 Å². The van der Waals surface area contributed by atoms with E-state index in [0.29, 0.717) is 12.3 Å². The number of aromatic carboxylic acids is 1. The van der Waals surface area contributed by atoms with E-state index >= 15 is 0 Å². The molecule has 7 heteroatoms. The molecule has 1 amide bonds. The lowest BCUT2D eigenvalue weighted by molar-refractivity contribution is -0.117. The number of hydrogen-bond acceptors (Lipinski definition) is 4. The summed E-state index contributed by atoms with van der Waals surface area (Å²) in [6.45, 7) is 2.06. The lowest BCUT2D eigenvalue weighted by atomic mass is 9.79. The summed E-state index contributed by atoms with van der Waals surface area (Å²) in [6, 6.07) is 3.67. The first-order valence-corrected chi connectivity index (χ1v) is 10.4. The van der Waals surface area contributed by atoms with E-state index in [2.05, 4.69) is 12.2 Å². The molecule has 2 rings (SSSR count). The van der Waals surface area contributed by atoms with E-state index in [9.17, 15) is 18.0 Å². The van der Waals surface area contributed by atoms with Crippen LogP contribution in [0.2, 0.25) is 0 Å². The fraction of sp³-hybridized carbons (Fsp3) is 0.556. The molecule has 1 aliphatic carbocycles. The predicted molar refractivity (Wildman–Crippen MR) is 95.5 cm³/mol. The summed E-state index contributed by atoms with van der Waals surface area (Å²) >= 11 is 0. The van der Waals surface area contributed by atoms with Crippen molar-refractivity contribution in [1.29, 1.82) is 0 Å². The molecule has 0 saturated heterocycles. The normalized spacial score (nSPS) is 17.0. The maximum atomic E-state index is 12.3. The van der Waals surface area contributed by atoms with Crippen LogP contribution in [0, 0.1) is 11.8 Å². The van der Waals surface area contributed by atoms with Crippen LogP contribution in [0.5, 0.6) is 0 Å². The molecule has 1 fully saturated rings. The molecule has 0 bridgehead atoms. The average molecular weight is 367 g/mol.